The maximum atomic E-state index is 9.77. The van der Waals surface area contributed by atoms with Gasteiger partial charge in [-0.2, -0.15) is 5.26 Å². The first-order chi connectivity index (χ1) is 6.81. The Balaban J connectivity index is 2.45. The number of nitrogens with zero attached hydrogens (tertiary/aromatic N) is 1. The molecule has 0 fully saturated rings. The van der Waals surface area contributed by atoms with Crippen molar-refractivity contribution in [3.8, 4) is 11.8 Å². The highest BCUT2D eigenvalue weighted by molar-refractivity contribution is 5.43. The molecule has 0 aromatic heterocycles. The van der Waals surface area contributed by atoms with Crippen molar-refractivity contribution in [1.29, 1.82) is 5.26 Å². The van der Waals surface area contributed by atoms with Crippen molar-refractivity contribution in [2.75, 3.05) is 6.61 Å². The Kier molecular flexibility index (Phi) is 2.38. The van der Waals surface area contributed by atoms with Gasteiger partial charge in [-0.25, -0.2) is 0 Å². The van der Waals surface area contributed by atoms with Crippen molar-refractivity contribution >= 4 is 0 Å². The molecule has 1 atom stereocenters. The average Bonchev–Trinajstić information content (AvgIpc) is 2.40. The summed E-state index contributed by atoms with van der Waals surface area (Å²) in [5.74, 6) is 0.703. The van der Waals surface area contributed by atoms with E-state index in [1.54, 1.807) is 18.2 Å². The number of aliphatic hydroxyl groups excluding tert-OH is 1. The molecule has 1 aromatic rings. The van der Waals surface area contributed by atoms with E-state index in [0.29, 0.717) is 24.3 Å². The Bertz CT molecular complexity index is 381. The third-order valence-electron chi connectivity index (χ3n) is 2.38. The van der Waals surface area contributed by atoms with Crippen LogP contribution in [0, 0.1) is 11.3 Å². The molecule has 72 valence electrons. The monoisotopic (exact) mass is 189 g/mol. The van der Waals surface area contributed by atoms with Crippen LogP contribution in [0.3, 0.4) is 0 Å². The fourth-order valence-corrected chi connectivity index (χ4v) is 1.62. The highest BCUT2D eigenvalue weighted by Crippen LogP contribution is 2.31. The normalized spacial score (nSPS) is 20.1. The molecule has 1 unspecified atom stereocenters. The Morgan fingerprint density at radius 1 is 1.50 bits per heavy atom. The molecule has 0 spiro atoms. The summed E-state index contributed by atoms with van der Waals surface area (Å²) in [4.78, 5) is 0. The van der Waals surface area contributed by atoms with E-state index in [1.807, 2.05) is 0 Å². The second-order valence-electron chi connectivity index (χ2n) is 3.37. The van der Waals surface area contributed by atoms with Gasteiger partial charge in [0.15, 0.2) is 0 Å². The molecule has 0 radical (unpaired) electrons. The molecule has 2 rings (SSSR count). The highest BCUT2D eigenvalue weighted by atomic mass is 16.5. The Morgan fingerprint density at radius 2 is 2.36 bits per heavy atom. The molecule has 0 amide bonds. The summed E-state index contributed by atoms with van der Waals surface area (Å²) in [7, 11) is 0. The quantitative estimate of drug-likeness (QED) is 0.676. The second kappa shape index (κ2) is 3.69. The van der Waals surface area contributed by atoms with Crippen molar-refractivity contribution in [3.05, 3.63) is 29.3 Å². The van der Waals surface area contributed by atoms with Crippen molar-refractivity contribution in [1.82, 2.24) is 0 Å². The molecule has 14 heavy (non-hydrogen) atoms. The molecule has 0 aliphatic carbocycles. The van der Waals surface area contributed by atoms with Gasteiger partial charge in [0.05, 0.1) is 24.3 Å². The lowest BCUT2D eigenvalue weighted by Gasteiger charge is -2.10. The fourth-order valence-electron chi connectivity index (χ4n) is 1.62. The number of aliphatic hydroxyl groups is 1. The molecular formula is C11H11NO2. The van der Waals surface area contributed by atoms with Crippen molar-refractivity contribution in [2.24, 2.45) is 0 Å². The SMILES string of the molecule is N#Cc1ccc2c(c1)C(O)CCCO2. The lowest BCUT2D eigenvalue weighted by atomic mass is 10.0. The van der Waals surface area contributed by atoms with Gasteiger partial charge in [-0.05, 0) is 31.0 Å². The zero-order valence-electron chi connectivity index (χ0n) is 7.73. The molecule has 3 nitrogen and oxygen atoms in total. The van der Waals surface area contributed by atoms with Crippen LogP contribution in [0.5, 0.6) is 5.75 Å². The molecule has 1 aliphatic rings. The van der Waals surface area contributed by atoms with Crippen LogP contribution in [-0.2, 0) is 0 Å². The van der Waals surface area contributed by atoms with Crippen LogP contribution in [-0.4, -0.2) is 11.7 Å². The first kappa shape index (κ1) is 9.04. The van der Waals surface area contributed by atoms with Crippen LogP contribution in [0.15, 0.2) is 18.2 Å². The maximum absolute atomic E-state index is 9.77. The molecule has 1 N–H and O–H groups in total. The number of benzene rings is 1. The number of rotatable bonds is 0. The second-order valence-corrected chi connectivity index (χ2v) is 3.37. The molecular weight excluding hydrogens is 178 g/mol. The summed E-state index contributed by atoms with van der Waals surface area (Å²) in [6.07, 6.45) is 1.04. The smallest absolute Gasteiger partial charge is 0.125 e. The van der Waals surface area contributed by atoms with E-state index in [9.17, 15) is 5.11 Å². The molecule has 0 saturated carbocycles. The van der Waals surface area contributed by atoms with Crippen LogP contribution < -0.4 is 4.74 Å². The van der Waals surface area contributed by atoms with E-state index < -0.39 is 6.10 Å². The summed E-state index contributed by atoms with van der Waals surface area (Å²) in [6.45, 7) is 0.635. The van der Waals surface area contributed by atoms with E-state index >= 15 is 0 Å². The molecule has 0 saturated heterocycles. The fraction of sp³-hybridized carbons (Fsp3) is 0.364. The average molecular weight is 189 g/mol. The van der Waals surface area contributed by atoms with Gasteiger partial charge >= 0.3 is 0 Å². The first-order valence-corrected chi connectivity index (χ1v) is 4.66. The number of hydrogen-bond acceptors (Lipinski definition) is 3. The van der Waals surface area contributed by atoms with Gasteiger partial charge in [0.2, 0.25) is 0 Å². The third kappa shape index (κ3) is 1.57. The van der Waals surface area contributed by atoms with Crippen LogP contribution >= 0.6 is 0 Å². The summed E-state index contributed by atoms with van der Waals surface area (Å²) in [5.41, 5.74) is 1.30. The van der Waals surface area contributed by atoms with Gasteiger partial charge in [-0.1, -0.05) is 0 Å². The zero-order valence-corrected chi connectivity index (χ0v) is 7.73. The van der Waals surface area contributed by atoms with E-state index in [1.165, 1.54) is 0 Å². The zero-order chi connectivity index (χ0) is 9.97. The third-order valence-corrected chi connectivity index (χ3v) is 2.38. The Labute approximate surface area is 82.6 Å². The van der Waals surface area contributed by atoms with Gasteiger partial charge in [0, 0.05) is 5.56 Å². The first-order valence-electron chi connectivity index (χ1n) is 4.66. The number of nitriles is 1. The summed E-state index contributed by atoms with van der Waals surface area (Å²) in [6, 6.07) is 7.21. The number of fused-ring (bicyclic) bond motifs is 1. The molecule has 1 aliphatic heterocycles. The molecule has 0 bridgehead atoms. The van der Waals surface area contributed by atoms with Crippen molar-refractivity contribution in [2.45, 2.75) is 18.9 Å². The van der Waals surface area contributed by atoms with Crippen LogP contribution in [0.25, 0.3) is 0 Å². The van der Waals surface area contributed by atoms with Crippen molar-refractivity contribution < 1.29 is 9.84 Å². The van der Waals surface area contributed by atoms with Gasteiger partial charge in [-0.3, -0.25) is 0 Å². The van der Waals surface area contributed by atoms with E-state index in [-0.39, 0.29) is 0 Å². The molecule has 1 heterocycles. The molecule has 3 heteroatoms. The summed E-state index contributed by atoms with van der Waals surface area (Å²) >= 11 is 0. The lowest BCUT2D eigenvalue weighted by molar-refractivity contribution is 0.167. The number of hydrogen-bond donors (Lipinski definition) is 1. The van der Waals surface area contributed by atoms with Crippen molar-refractivity contribution in [3.63, 3.8) is 0 Å². The predicted octanol–water partition coefficient (Wildman–Crippen LogP) is 1.76. The van der Waals surface area contributed by atoms with E-state index in [4.69, 9.17) is 10.00 Å². The topological polar surface area (TPSA) is 53.2 Å². The summed E-state index contributed by atoms with van der Waals surface area (Å²) in [5, 5.41) is 18.5. The van der Waals surface area contributed by atoms with Crippen LogP contribution in [0.2, 0.25) is 0 Å². The largest absolute Gasteiger partial charge is 0.493 e. The van der Waals surface area contributed by atoms with E-state index in [2.05, 4.69) is 6.07 Å². The Morgan fingerprint density at radius 3 is 3.14 bits per heavy atom. The minimum atomic E-state index is -0.499. The number of ether oxygens (including phenoxy) is 1. The van der Waals surface area contributed by atoms with Gasteiger partial charge in [0.25, 0.3) is 0 Å². The van der Waals surface area contributed by atoms with Crippen LogP contribution in [0.4, 0.5) is 0 Å². The maximum Gasteiger partial charge on any atom is 0.125 e. The van der Waals surface area contributed by atoms with Gasteiger partial charge in [0.1, 0.15) is 5.75 Å². The van der Waals surface area contributed by atoms with Gasteiger partial charge < -0.3 is 9.84 Å². The minimum Gasteiger partial charge on any atom is -0.493 e. The lowest BCUT2D eigenvalue weighted by Crippen LogP contribution is -1.96. The minimum absolute atomic E-state index is 0.499. The van der Waals surface area contributed by atoms with Crippen LogP contribution in [0.1, 0.15) is 30.1 Å². The Hall–Kier alpha value is -1.53. The summed E-state index contributed by atoms with van der Waals surface area (Å²) < 4.78 is 5.45. The van der Waals surface area contributed by atoms with E-state index in [0.717, 1.165) is 12.0 Å². The predicted molar refractivity (Wildman–Crippen MR) is 50.8 cm³/mol. The van der Waals surface area contributed by atoms with Gasteiger partial charge in [-0.15, -0.1) is 0 Å². The highest BCUT2D eigenvalue weighted by Gasteiger charge is 2.17. The molecule has 1 aromatic carbocycles. The standard InChI is InChI=1S/C11H11NO2/c12-7-8-3-4-11-9(6-8)10(13)2-1-5-14-11/h3-4,6,10,13H,1-2,5H2.